The molecule has 1 heterocycles. The molecule has 1 amide bonds. The van der Waals surface area contributed by atoms with Gasteiger partial charge in [0, 0.05) is 22.5 Å². The number of thiazole rings is 1. The Balaban J connectivity index is 1.54. The summed E-state index contributed by atoms with van der Waals surface area (Å²) in [6, 6.07) is 7.97. The molecule has 0 saturated heterocycles. The molecular formula is C24H21ClF4N2O3S2. The van der Waals surface area contributed by atoms with E-state index in [0.717, 1.165) is 38.2 Å². The number of halogens is 5. The third-order valence-electron chi connectivity index (χ3n) is 5.92. The Morgan fingerprint density at radius 2 is 1.83 bits per heavy atom. The molecule has 192 valence electrons. The van der Waals surface area contributed by atoms with Gasteiger partial charge in [-0.1, -0.05) is 43.0 Å². The lowest BCUT2D eigenvalue weighted by Gasteiger charge is -2.22. The van der Waals surface area contributed by atoms with Crippen molar-refractivity contribution in [1.29, 1.82) is 0 Å². The molecule has 1 aliphatic rings. The summed E-state index contributed by atoms with van der Waals surface area (Å²) in [5.41, 5.74) is -4.23. The molecule has 0 radical (unpaired) electrons. The number of carbonyl (C=O) groups is 1. The van der Waals surface area contributed by atoms with Crippen LogP contribution in [0.5, 0.6) is 0 Å². The second-order valence-corrected chi connectivity index (χ2v) is 11.8. The first-order valence-corrected chi connectivity index (χ1v) is 14.0. The fourth-order valence-corrected chi connectivity index (χ4v) is 5.93. The Hall–Kier alpha value is -2.50. The van der Waals surface area contributed by atoms with E-state index in [1.807, 2.05) is 0 Å². The lowest BCUT2D eigenvalue weighted by molar-refractivity contribution is -0.0437. The summed E-state index contributed by atoms with van der Waals surface area (Å²) in [6.45, 7) is 0. The van der Waals surface area contributed by atoms with Crippen molar-refractivity contribution in [3.8, 4) is 21.8 Å². The molecule has 12 heteroatoms. The number of carbonyl (C=O) groups excluding carboxylic acids is 1. The number of hydrogen-bond acceptors (Lipinski definition) is 5. The standard InChI is InChI=1S/C24H21ClF4N2O3S2/c25-19-10-14(13-36(33,34)24(27,28)29)6-8-17(19)21-12-35-23(31-21)15-7-9-20(26)18(11-15)22(32)30-16-4-2-1-3-5-16/h6-12,16H,1-5,13H2,(H,30,32). The number of hydrogen-bond donors (Lipinski definition) is 1. The second kappa shape index (κ2) is 10.5. The zero-order chi connectivity index (χ0) is 26.1. The minimum absolute atomic E-state index is 0.0250. The van der Waals surface area contributed by atoms with Crippen molar-refractivity contribution in [2.45, 2.75) is 49.4 Å². The van der Waals surface area contributed by atoms with Crippen LogP contribution in [-0.2, 0) is 15.6 Å². The van der Waals surface area contributed by atoms with Gasteiger partial charge in [0.1, 0.15) is 10.8 Å². The first kappa shape index (κ1) is 26.6. The number of nitrogens with one attached hydrogen (secondary N) is 1. The van der Waals surface area contributed by atoms with E-state index in [1.54, 1.807) is 5.38 Å². The summed E-state index contributed by atoms with van der Waals surface area (Å²) in [5.74, 6) is -2.35. The van der Waals surface area contributed by atoms with Crippen molar-refractivity contribution in [2.75, 3.05) is 0 Å². The molecule has 0 bridgehead atoms. The molecule has 1 N–H and O–H groups in total. The van der Waals surface area contributed by atoms with Gasteiger partial charge in [-0.25, -0.2) is 17.8 Å². The number of rotatable bonds is 6. The molecule has 5 nitrogen and oxygen atoms in total. The molecule has 0 spiro atoms. The SMILES string of the molecule is O=C(NC1CCCCC1)c1cc(-c2nc(-c3ccc(CS(=O)(=O)C(F)(F)F)cc3Cl)cs2)ccc1F. The fourth-order valence-electron chi connectivity index (χ4n) is 4.03. The summed E-state index contributed by atoms with van der Waals surface area (Å²) in [7, 11) is -5.34. The molecule has 1 aromatic heterocycles. The Kier molecular flexibility index (Phi) is 7.72. The van der Waals surface area contributed by atoms with E-state index in [9.17, 15) is 30.8 Å². The fraction of sp³-hybridized carbons (Fsp3) is 0.333. The van der Waals surface area contributed by atoms with Crippen LogP contribution in [-0.4, -0.2) is 30.9 Å². The number of amides is 1. The highest BCUT2D eigenvalue weighted by Crippen LogP contribution is 2.35. The normalized spacial score (nSPS) is 15.1. The van der Waals surface area contributed by atoms with E-state index in [4.69, 9.17) is 11.6 Å². The number of benzene rings is 2. The second-order valence-electron chi connectivity index (χ2n) is 8.56. The predicted molar refractivity (Wildman–Crippen MR) is 131 cm³/mol. The van der Waals surface area contributed by atoms with Crippen LogP contribution < -0.4 is 5.32 Å². The van der Waals surface area contributed by atoms with Gasteiger partial charge in [0.25, 0.3) is 15.7 Å². The molecular weight excluding hydrogens is 540 g/mol. The summed E-state index contributed by atoms with van der Waals surface area (Å²) in [4.78, 5) is 17.2. The van der Waals surface area contributed by atoms with Gasteiger partial charge >= 0.3 is 5.51 Å². The molecule has 36 heavy (non-hydrogen) atoms. The third-order valence-corrected chi connectivity index (χ3v) is 8.54. The third kappa shape index (κ3) is 5.90. The number of nitrogens with zero attached hydrogens (tertiary/aromatic N) is 1. The maximum absolute atomic E-state index is 14.4. The summed E-state index contributed by atoms with van der Waals surface area (Å²) in [6.07, 6.45) is 4.91. The monoisotopic (exact) mass is 560 g/mol. The maximum atomic E-state index is 14.4. The van der Waals surface area contributed by atoms with Crippen molar-refractivity contribution >= 4 is 38.7 Å². The van der Waals surface area contributed by atoms with Crippen LogP contribution in [0.15, 0.2) is 41.8 Å². The quantitative estimate of drug-likeness (QED) is 0.338. The molecule has 0 atom stereocenters. The highest BCUT2D eigenvalue weighted by atomic mass is 35.5. The Morgan fingerprint density at radius 1 is 1.11 bits per heavy atom. The maximum Gasteiger partial charge on any atom is 0.497 e. The first-order valence-electron chi connectivity index (χ1n) is 11.1. The summed E-state index contributed by atoms with van der Waals surface area (Å²) >= 11 is 7.45. The number of alkyl halides is 3. The largest absolute Gasteiger partial charge is 0.497 e. The molecule has 1 aliphatic carbocycles. The summed E-state index contributed by atoms with van der Waals surface area (Å²) in [5, 5.41) is 5.08. The minimum atomic E-state index is -5.36. The van der Waals surface area contributed by atoms with Crippen molar-refractivity contribution in [1.82, 2.24) is 10.3 Å². The van der Waals surface area contributed by atoms with Crippen molar-refractivity contribution in [3.05, 3.63) is 63.7 Å². The van der Waals surface area contributed by atoms with E-state index in [-0.39, 0.29) is 22.2 Å². The van der Waals surface area contributed by atoms with Crippen LogP contribution in [0.25, 0.3) is 21.8 Å². The van der Waals surface area contributed by atoms with Crippen LogP contribution in [0.2, 0.25) is 5.02 Å². The highest BCUT2D eigenvalue weighted by molar-refractivity contribution is 7.91. The zero-order valence-corrected chi connectivity index (χ0v) is 21.1. The van der Waals surface area contributed by atoms with Gasteiger partial charge in [0.05, 0.1) is 22.0 Å². The number of sulfone groups is 1. The smallest absolute Gasteiger partial charge is 0.349 e. The van der Waals surface area contributed by atoms with E-state index in [2.05, 4.69) is 10.3 Å². The zero-order valence-electron chi connectivity index (χ0n) is 18.7. The van der Waals surface area contributed by atoms with E-state index in [1.165, 1.54) is 41.7 Å². The molecule has 4 rings (SSSR count). The molecule has 1 fully saturated rings. The minimum Gasteiger partial charge on any atom is -0.349 e. The van der Waals surface area contributed by atoms with Crippen molar-refractivity contribution in [2.24, 2.45) is 0 Å². The van der Waals surface area contributed by atoms with E-state index >= 15 is 0 Å². The topological polar surface area (TPSA) is 76.1 Å². The van der Waals surface area contributed by atoms with E-state index < -0.39 is 32.8 Å². The van der Waals surface area contributed by atoms with Crippen LogP contribution in [0.1, 0.15) is 48.0 Å². The molecule has 3 aromatic rings. The summed E-state index contributed by atoms with van der Waals surface area (Å²) < 4.78 is 75.3. The molecule has 1 saturated carbocycles. The lowest BCUT2D eigenvalue weighted by Crippen LogP contribution is -2.36. The Bertz CT molecular complexity index is 1380. The molecule has 0 aliphatic heterocycles. The van der Waals surface area contributed by atoms with E-state index in [0.29, 0.717) is 21.8 Å². The van der Waals surface area contributed by atoms with Gasteiger partial charge in [-0.3, -0.25) is 4.79 Å². The van der Waals surface area contributed by atoms with Gasteiger partial charge in [0.15, 0.2) is 0 Å². The van der Waals surface area contributed by atoms with Crippen LogP contribution in [0.3, 0.4) is 0 Å². The van der Waals surface area contributed by atoms with Gasteiger partial charge in [-0.2, -0.15) is 13.2 Å². The van der Waals surface area contributed by atoms with Crippen molar-refractivity contribution in [3.63, 3.8) is 0 Å². The average Bonchev–Trinajstić information content (AvgIpc) is 3.29. The highest BCUT2D eigenvalue weighted by Gasteiger charge is 2.45. The van der Waals surface area contributed by atoms with Crippen LogP contribution in [0, 0.1) is 5.82 Å². The molecule has 2 aromatic carbocycles. The first-order chi connectivity index (χ1) is 16.9. The Morgan fingerprint density at radius 3 is 2.50 bits per heavy atom. The van der Waals surface area contributed by atoms with Gasteiger partial charge in [-0.15, -0.1) is 11.3 Å². The Labute approximate surface area is 214 Å². The molecule has 0 unspecified atom stereocenters. The number of aromatic nitrogens is 1. The van der Waals surface area contributed by atoms with Crippen LogP contribution >= 0.6 is 22.9 Å². The average molecular weight is 561 g/mol. The van der Waals surface area contributed by atoms with Gasteiger partial charge < -0.3 is 5.32 Å². The lowest BCUT2D eigenvalue weighted by atomic mass is 9.95. The predicted octanol–water partition coefficient (Wildman–Crippen LogP) is 6.77. The van der Waals surface area contributed by atoms with Gasteiger partial charge in [-0.05, 0) is 42.7 Å². The van der Waals surface area contributed by atoms with Crippen molar-refractivity contribution < 1.29 is 30.8 Å². The van der Waals surface area contributed by atoms with Crippen LogP contribution in [0.4, 0.5) is 17.6 Å². The van der Waals surface area contributed by atoms with Gasteiger partial charge in [0.2, 0.25) is 0 Å².